The first-order chi connectivity index (χ1) is 11.7. The van der Waals surface area contributed by atoms with Gasteiger partial charge in [-0.15, -0.1) is 12.3 Å². The predicted octanol–water partition coefficient (Wildman–Crippen LogP) is -0.0220. The second kappa shape index (κ2) is 9.68. The third-order valence-electron chi connectivity index (χ3n) is 2.78. The monoisotopic (exact) mass is 376 g/mol. The molecule has 0 radical (unpaired) electrons. The lowest BCUT2D eigenvalue weighted by molar-refractivity contribution is -0.0959. The van der Waals surface area contributed by atoms with Crippen LogP contribution in [0.4, 0.5) is 0 Å². The number of aliphatic hydroxyl groups is 1. The summed E-state index contributed by atoms with van der Waals surface area (Å²) in [6, 6.07) is 1.08. The lowest BCUT2D eigenvalue weighted by Crippen LogP contribution is -2.36. The summed E-state index contributed by atoms with van der Waals surface area (Å²) in [6.45, 7) is 2.11. The second-order valence-electron chi connectivity index (χ2n) is 5.24. The van der Waals surface area contributed by atoms with Crippen molar-refractivity contribution >= 4 is 7.82 Å². The quantitative estimate of drug-likeness (QED) is 0.382. The van der Waals surface area contributed by atoms with E-state index >= 15 is 0 Å². The van der Waals surface area contributed by atoms with E-state index in [9.17, 15) is 24.2 Å². The number of nitrogens with one attached hydrogen (secondary N) is 1. The number of aromatic amines is 1. The van der Waals surface area contributed by atoms with Crippen LogP contribution in [-0.4, -0.2) is 45.0 Å². The molecule has 0 aliphatic rings. The molecule has 25 heavy (non-hydrogen) atoms. The molecule has 1 aromatic heterocycles. The predicted molar refractivity (Wildman–Crippen MR) is 87.8 cm³/mol. The van der Waals surface area contributed by atoms with Crippen molar-refractivity contribution in [1.29, 1.82) is 0 Å². The molecule has 11 heteroatoms. The molecule has 0 fully saturated rings. The number of ether oxygens (including phenoxy) is 1. The fraction of sp³-hybridized carbons (Fsp3) is 0.571. The molecular weight excluding hydrogens is 355 g/mol. The fourth-order valence-electron chi connectivity index (χ4n) is 1.82. The highest BCUT2D eigenvalue weighted by Gasteiger charge is 2.26. The Kier molecular flexibility index (Phi) is 8.25. The minimum Gasteiger partial charge on any atom is -0.392 e. The molecule has 0 saturated carbocycles. The Morgan fingerprint density at radius 1 is 1.44 bits per heavy atom. The maximum atomic E-state index is 11.8. The average molecular weight is 376 g/mol. The summed E-state index contributed by atoms with van der Waals surface area (Å²) in [5.41, 5.74) is -1.39. The Bertz CT molecular complexity index is 750. The lowest BCUT2D eigenvalue weighted by Gasteiger charge is -2.24. The largest absolute Gasteiger partial charge is 0.472 e. The first-order valence-electron chi connectivity index (χ1n) is 7.35. The van der Waals surface area contributed by atoms with E-state index in [2.05, 4.69) is 5.92 Å². The molecule has 0 aliphatic carbocycles. The molecule has 140 valence electrons. The van der Waals surface area contributed by atoms with Crippen LogP contribution in [-0.2, 0) is 18.3 Å². The number of rotatable bonds is 10. The Hall–Kier alpha value is -1.73. The van der Waals surface area contributed by atoms with Crippen molar-refractivity contribution in [3.63, 3.8) is 0 Å². The van der Waals surface area contributed by atoms with Gasteiger partial charge in [-0.1, -0.05) is 0 Å². The number of aliphatic hydroxyl groups excluding tert-OH is 1. The zero-order valence-electron chi connectivity index (χ0n) is 13.8. The molecule has 1 aromatic rings. The van der Waals surface area contributed by atoms with Crippen LogP contribution in [0.1, 0.15) is 26.5 Å². The second-order valence-corrected chi connectivity index (χ2v) is 6.65. The van der Waals surface area contributed by atoms with Crippen molar-refractivity contribution in [2.45, 2.75) is 38.7 Å². The van der Waals surface area contributed by atoms with Gasteiger partial charge in [0.25, 0.3) is 5.56 Å². The number of terminal acetylenes is 1. The van der Waals surface area contributed by atoms with Gasteiger partial charge in [0.2, 0.25) is 0 Å². The third kappa shape index (κ3) is 7.36. The van der Waals surface area contributed by atoms with Gasteiger partial charge in [0.05, 0.1) is 25.4 Å². The van der Waals surface area contributed by atoms with Crippen LogP contribution in [0, 0.1) is 12.3 Å². The van der Waals surface area contributed by atoms with Gasteiger partial charge in [0.1, 0.15) is 0 Å². The number of phosphoric acid groups is 1. The standard InChI is InChI=1S/C14H21N2O8P/c1-4-5-11(9-22-25(20,21)24-10(2)3)23-13(8-17)16-7-6-12(18)15-14(16)19/h1,6-7,10-11,13,17H,5,8-9H2,2-3H3,(H,20,21)(H,15,18,19). The fourth-order valence-corrected chi connectivity index (χ4v) is 2.77. The van der Waals surface area contributed by atoms with Gasteiger partial charge in [0, 0.05) is 18.7 Å². The molecule has 0 bridgehead atoms. The Morgan fingerprint density at radius 2 is 2.12 bits per heavy atom. The van der Waals surface area contributed by atoms with E-state index in [1.807, 2.05) is 4.98 Å². The summed E-state index contributed by atoms with van der Waals surface area (Å²) in [6.07, 6.45) is 3.75. The summed E-state index contributed by atoms with van der Waals surface area (Å²) in [5, 5.41) is 9.44. The van der Waals surface area contributed by atoms with Crippen LogP contribution in [0.2, 0.25) is 0 Å². The summed E-state index contributed by atoms with van der Waals surface area (Å²) in [7, 11) is -4.29. The molecule has 10 nitrogen and oxygen atoms in total. The zero-order chi connectivity index (χ0) is 19.0. The van der Waals surface area contributed by atoms with Crippen molar-refractivity contribution in [1.82, 2.24) is 9.55 Å². The van der Waals surface area contributed by atoms with E-state index in [-0.39, 0.29) is 6.42 Å². The van der Waals surface area contributed by atoms with Crippen LogP contribution in [0.3, 0.4) is 0 Å². The Balaban J connectivity index is 2.84. The molecule has 0 aliphatic heterocycles. The van der Waals surface area contributed by atoms with Crippen LogP contribution in [0.25, 0.3) is 0 Å². The normalized spacial score (nSPS) is 16.2. The molecule has 0 saturated heterocycles. The van der Waals surface area contributed by atoms with Crippen LogP contribution in [0.5, 0.6) is 0 Å². The molecular formula is C14H21N2O8P. The van der Waals surface area contributed by atoms with Crippen molar-refractivity contribution in [3.05, 3.63) is 33.1 Å². The van der Waals surface area contributed by atoms with Gasteiger partial charge in [0.15, 0.2) is 6.23 Å². The number of hydrogen-bond donors (Lipinski definition) is 3. The topological polar surface area (TPSA) is 140 Å². The van der Waals surface area contributed by atoms with Gasteiger partial charge in [-0.2, -0.15) is 0 Å². The third-order valence-corrected chi connectivity index (χ3v) is 3.94. The SMILES string of the molecule is C#CCC(COP(=O)(O)OC(C)C)OC(CO)n1ccc(=O)[nH]c1=O. The van der Waals surface area contributed by atoms with Gasteiger partial charge in [-0.3, -0.25) is 23.4 Å². The Labute approximate surface area is 144 Å². The molecule has 3 atom stereocenters. The summed E-state index contributed by atoms with van der Waals surface area (Å²) in [4.78, 5) is 34.4. The van der Waals surface area contributed by atoms with E-state index < -0.39 is 50.7 Å². The molecule has 0 spiro atoms. The number of nitrogens with zero attached hydrogens (tertiary/aromatic N) is 1. The highest BCUT2D eigenvalue weighted by atomic mass is 31.2. The maximum absolute atomic E-state index is 11.8. The van der Waals surface area contributed by atoms with Crippen LogP contribution in [0.15, 0.2) is 21.9 Å². The number of aromatic nitrogens is 2. The zero-order valence-corrected chi connectivity index (χ0v) is 14.7. The summed E-state index contributed by atoms with van der Waals surface area (Å²) >= 11 is 0. The molecule has 3 unspecified atom stereocenters. The van der Waals surface area contributed by atoms with E-state index in [1.165, 1.54) is 0 Å². The van der Waals surface area contributed by atoms with Gasteiger partial charge >= 0.3 is 13.5 Å². The van der Waals surface area contributed by atoms with Crippen molar-refractivity contribution in [2.24, 2.45) is 0 Å². The van der Waals surface area contributed by atoms with Crippen molar-refractivity contribution in [3.8, 4) is 12.3 Å². The minimum atomic E-state index is -4.29. The average Bonchev–Trinajstić information content (AvgIpc) is 2.49. The lowest BCUT2D eigenvalue weighted by atomic mass is 10.3. The van der Waals surface area contributed by atoms with Crippen LogP contribution < -0.4 is 11.2 Å². The van der Waals surface area contributed by atoms with E-state index in [1.54, 1.807) is 13.8 Å². The number of phosphoric ester groups is 1. The first-order valence-corrected chi connectivity index (χ1v) is 8.85. The van der Waals surface area contributed by atoms with Crippen LogP contribution >= 0.6 is 7.82 Å². The minimum absolute atomic E-state index is 0.0176. The van der Waals surface area contributed by atoms with E-state index in [0.717, 1.165) is 16.8 Å². The van der Waals surface area contributed by atoms with Gasteiger partial charge in [-0.25, -0.2) is 9.36 Å². The summed E-state index contributed by atoms with van der Waals surface area (Å²) < 4.78 is 27.7. The molecule has 0 aromatic carbocycles. The smallest absolute Gasteiger partial charge is 0.392 e. The molecule has 1 rings (SSSR count). The van der Waals surface area contributed by atoms with E-state index in [4.69, 9.17) is 20.2 Å². The number of hydrogen-bond acceptors (Lipinski definition) is 7. The maximum Gasteiger partial charge on any atom is 0.472 e. The summed E-state index contributed by atoms with van der Waals surface area (Å²) in [5.74, 6) is 2.31. The highest BCUT2D eigenvalue weighted by Crippen LogP contribution is 2.44. The molecule has 3 N–H and O–H groups in total. The van der Waals surface area contributed by atoms with Gasteiger partial charge in [-0.05, 0) is 13.8 Å². The van der Waals surface area contributed by atoms with Crippen molar-refractivity contribution < 1.29 is 28.3 Å². The van der Waals surface area contributed by atoms with Crippen molar-refractivity contribution in [2.75, 3.05) is 13.2 Å². The Morgan fingerprint density at radius 3 is 2.64 bits per heavy atom. The van der Waals surface area contributed by atoms with E-state index in [0.29, 0.717) is 0 Å². The highest BCUT2D eigenvalue weighted by molar-refractivity contribution is 7.47. The van der Waals surface area contributed by atoms with Gasteiger partial charge < -0.3 is 14.7 Å². The number of H-pyrrole nitrogens is 1. The first kappa shape index (κ1) is 21.3. The molecule has 1 heterocycles. The molecule has 0 amide bonds.